The van der Waals surface area contributed by atoms with Gasteiger partial charge in [0.25, 0.3) is 0 Å². The number of hydrogen-bond acceptors (Lipinski definition) is 1. The van der Waals surface area contributed by atoms with Crippen molar-refractivity contribution in [1.82, 2.24) is 0 Å². The number of methoxy groups -OCH3 is 1. The Labute approximate surface area is 132 Å². The minimum absolute atomic E-state index is 0.101. The van der Waals surface area contributed by atoms with E-state index >= 15 is 0 Å². The molecule has 110 valence electrons. The van der Waals surface area contributed by atoms with Gasteiger partial charge in [0.2, 0.25) is 0 Å². The minimum Gasteiger partial charge on any atom is -0.376 e. The van der Waals surface area contributed by atoms with Crippen LogP contribution in [0.4, 0.5) is 0 Å². The highest BCUT2D eigenvalue weighted by Gasteiger charge is 2.10. The molecule has 3 aromatic rings. The molecular formula is C21H20O. The molecular weight excluding hydrogens is 268 g/mol. The molecule has 1 unspecified atom stereocenters. The first-order valence-corrected chi connectivity index (χ1v) is 7.59. The van der Waals surface area contributed by atoms with E-state index in [1.165, 1.54) is 22.3 Å². The van der Waals surface area contributed by atoms with Crippen LogP contribution in [-0.4, -0.2) is 7.11 Å². The lowest BCUT2D eigenvalue weighted by Gasteiger charge is -2.16. The van der Waals surface area contributed by atoms with Crippen molar-refractivity contribution in [3.63, 3.8) is 0 Å². The molecule has 0 amide bonds. The molecule has 1 atom stereocenters. The van der Waals surface area contributed by atoms with Gasteiger partial charge in [-0.1, -0.05) is 84.9 Å². The second-order valence-corrected chi connectivity index (χ2v) is 5.40. The van der Waals surface area contributed by atoms with Gasteiger partial charge in [-0.05, 0) is 22.3 Å². The predicted octanol–water partition coefficient (Wildman–Crippen LogP) is 5.28. The van der Waals surface area contributed by atoms with Gasteiger partial charge >= 0.3 is 0 Å². The number of benzene rings is 3. The highest BCUT2D eigenvalue weighted by molar-refractivity contribution is 5.63. The molecule has 0 aromatic heterocycles. The summed E-state index contributed by atoms with van der Waals surface area (Å²) in [6.07, 6.45) is 0.985. The summed E-state index contributed by atoms with van der Waals surface area (Å²) in [5, 5.41) is 0. The Hall–Kier alpha value is -2.38. The first-order valence-electron chi connectivity index (χ1n) is 7.59. The van der Waals surface area contributed by atoms with Crippen LogP contribution >= 0.6 is 0 Å². The lowest BCUT2D eigenvalue weighted by Crippen LogP contribution is -2.05. The van der Waals surface area contributed by atoms with Gasteiger partial charge in [-0.25, -0.2) is 0 Å². The first-order chi connectivity index (χ1) is 10.9. The SMILES string of the molecule is COC(Cc1ccc(-c2ccccc2)cc1)c1ccccc1. The van der Waals surface area contributed by atoms with E-state index in [1.807, 2.05) is 12.1 Å². The van der Waals surface area contributed by atoms with Crippen LogP contribution in [-0.2, 0) is 11.2 Å². The Balaban J connectivity index is 1.76. The zero-order valence-electron chi connectivity index (χ0n) is 12.8. The monoisotopic (exact) mass is 288 g/mol. The Bertz CT molecular complexity index is 687. The Morgan fingerprint density at radius 1 is 0.682 bits per heavy atom. The highest BCUT2D eigenvalue weighted by Crippen LogP contribution is 2.24. The van der Waals surface area contributed by atoms with Gasteiger partial charge in [0.1, 0.15) is 0 Å². The third-order valence-corrected chi connectivity index (χ3v) is 3.94. The first kappa shape index (κ1) is 14.6. The van der Waals surface area contributed by atoms with Crippen molar-refractivity contribution < 1.29 is 4.74 Å². The van der Waals surface area contributed by atoms with E-state index in [9.17, 15) is 0 Å². The van der Waals surface area contributed by atoms with Crippen LogP contribution in [0.15, 0.2) is 84.9 Å². The van der Waals surface area contributed by atoms with E-state index in [0.717, 1.165) is 6.42 Å². The maximum atomic E-state index is 5.66. The average Bonchev–Trinajstić information content (AvgIpc) is 2.62. The molecule has 0 fully saturated rings. The minimum atomic E-state index is 0.101. The summed E-state index contributed by atoms with van der Waals surface area (Å²) in [5.41, 5.74) is 5.01. The largest absolute Gasteiger partial charge is 0.376 e. The van der Waals surface area contributed by atoms with Crippen LogP contribution in [0, 0.1) is 0 Å². The molecule has 0 bridgehead atoms. The highest BCUT2D eigenvalue weighted by atomic mass is 16.5. The van der Waals surface area contributed by atoms with Crippen LogP contribution < -0.4 is 0 Å². The van der Waals surface area contributed by atoms with Gasteiger partial charge in [-0.15, -0.1) is 0 Å². The van der Waals surface area contributed by atoms with E-state index in [-0.39, 0.29) is 6.10 Å². The fourth-order valence-corrected chi connectivity index (χ4v) is 2.68. The van der Waals surface area contributed by atoms with Gasteiger partial charge in [0.15, 0.2) is 0 Å². The molecule has 0 N–H and O–H groups in total. The topological polar surface area (TPSA) is 9.23 Å². The molecule has 0 heterocycles. The maximum absolute atomic E-state index is 5.66. The zero-order chi connectivity index (χ0) is 15.2. The second-order valence-electron chi connectivity index (χ2n) is 5.40. The molecule has 0 aliphatic carbocycles. The molecule has 0 spiro atoms. The molecule has 1 heteroatoms. The Morgan fingerprint density at radius 3 is 1.82 bits per heavy atom. The van der Waals surface area contributed by atoms with E-state index < -0.39 is 0 Å². The molecule has 22 heavy (non-hydrogen) atoms. The van der Waals surface area contributed by atoms with E-state index in [1.54, 1.807) is 7.11 Å². The number of hydrogen-bond donors (Lipinski definition) is 0. The fraction of sp³-hybridized carbons (Fsp3) is 0.143. The van der Waals surface area contributed by atoms with Crippen molar-refractivity contribution in [1.29, 1.82) is 0 Å². The zero-order valence-corrected chi connectivity index (χ0v) is 12.8. The average molecular weight is 288 g/mol. The van der Waals surface area contributed by atoms with Crippen LogP contribution in [0.1, 0.15) is 17.2 Å². The lowest BCUT2D eigenvalue weighted by atomic mass is 9.98. The van der Waals surface area contributed by atoms with Gasteiger partial charge in [-0.3, -0.25) is 0 Å². The van der Waals surface area contributed by atoms with Crippen LogP contribution in [0.5, 0.6) is 0 Å². The van der Waals surface area contributed by atoms with E-state index in [0.29, 0.717) is 0 Å². The van der Waals surface area contributed by atoms with Crippen LogP contribution in [0.3, 0.4) is 0 Å². The van der Waals surface area contributed by atoms with Crippen molar-refractivity contribution in [2.24, 2.45) is 0 Å². The lowest BCUT2D eigenvalue weighted by molar-refractivity contribution is 0.104. The summed E-state index contributed by atoms with van der Waals surface area (Å²) in [4.78, 5) is 0. The number of ether oxygens (including phenoxy) is 1. The molecule has 3 rings (SSSR count). The summed E-state index contributed by atoms with van der Waals surface area (Å²) in [7, 11) is 1.77. The van der Waals surface area contributed by atoms with Crippen LogP contribution in [0.2, 0.25) is 0 Å². The van der Waals surface area contributed by atoms with Crippen molar-refractivity contribution >= 4 is 0 Å². The van der Waals surface area contributed by atoms with Gasteiger partial charge in [-0.2, -0.15) is 0 Å². The van der Waals surface area contributed by atoms with Gasteiger partial charge < -0.3 is 4.74 Å². The summed E-state index contributed by atoms with van der Waals surface area (Å²) in [6, 6.07) is 29.6. The molecule has 0 aliphatic rings. The van der Waals surface area contributed by atoms with Crippen LogP contribution in [0.25, 0.3) is 11.1 Å². The predicted molar refractivity (Wildman–Crippen MR) is 91.8 cm³/mol. The summed E-state index contributed by atoms with van der Waals surface area (Å²) in [6.45, 7) is 0. The van der Waals surface area contributed by atoms with Crippen molar-refractivity contribution in [3.05, 3.63) is 96.1 Å². The maximum Gasteiger partial charge on any atom is 0.0861 e. The summed E-state index contributed by atoms with van der Waals surface area (Å²) in [5.74, 6) is 0. The second kappa shape index (κ2) is 7.06. The molecule has 0 radical (unpaired) electrons. The number of rotatable bonds is 5. The summed E-state index contributed by atoms with van der Waals surface area (Å²) >= 11 is 0. The third kappa shape index (κ3) is 3.44. The smallest absolute Gasteiger partial charge is 0.0861 e. The third-order valence-electron chi connectivity index (χ3n) is 3.94. The molecule has 0 saturated carbocycles. The quantitative estimate of drug-likeness (QED) is 0.620. The molecule has 0 saturated heterocycles. The molecule has 0 aliphatic heterocycles. The molecule has 1 nitrogen and oxygen atoms in total. The molecule has 3 aromatic carbocycles. The standard InChI is InChI=1S/C21H20O/c1-22-21(20-10-6-3-7-11-20)16-17-12-14-19(15-13-17)18-8-4-2-5-9-18/h2-15,21H,16H2,1H3. The fourth-order valence-electron chi connectivity index (χ4n) is 2.68. The van der Waals surface area contributed by atoms with Crippen molar-refractivity contribution in [3.8, 4) is 11.1 Å². The van der Waals surface area contributed by atoms with Crippen molar-refractivity contribution in [2.75, 3.05) is 7.11 Å². The van der Waals surface area contributed by atoms with E-state index in [2.05, 4.69) is 72.8 Å². The van der Waals surface area contributed by atoms with Gasteiger partial charge in [0, 0.05) is 13.5 Å². The van der Waals surface area contributed by atoms with Gasteiger partial charge in [0.05, 0.1) is 6.10 Å². The Morgan fingerprint density at radius 2 is 1.23 bits per heavy atom. The normalized spacial score (nSPS) is 12.0. The van der Waals surface area contributed by atoms with Crippen molar-refractivity contribution in [2.45, 2.75) is 12.5 Å². The summed E-state index contributed by atoms with van der Waals surface area (Å²) < 4.78 is 5.66. The van der Waals surface area contributed by atoms with E-state index in [4.69, 9.17) is 4.74 Å². The Kier molecular flexibility index (Phi) is 4.67.